The summed E-state index contributed by atoms with van der Waals surface area (Å²) < 4.78 is 16.3. The highest BCUT2D eigenvalue weighted by molar-refractivity contribution is 7.99. The second-order valence-electron chi connectivity index (χ2n) is 5.94. The molecule has 8 heteroatoms. The van der Waals surface area contributed by atoms with E-state index in [1.807, 2.05) is 34.9 Å². The van der Waals surface area contributed by atoms with Gasteiger partial charge in [-0.15, -0.1) is 10.2 Å². The number of aryl methyl sites for hydroxylation is 1. The van der Waals surface area contributed by atoms with Gasteiger partial charge in [-0.3, -0.25) is 4.79 Å². The number of ether oxygens (including phenoxy) is 2. The molecule has 1 amide bonds. The number of carbonyl (C=O) groups is 1. The minimum atomic E-state index is 0.152. The molecule has 1 aliphatic heterocycles. The third kappa shape index (κ3) is 4.69. The van der Waals surface area contributed by atoms with Crippen molar-refractivity contribution in [2.24, 2.45) is 0 Å². The minimum Gasteiger partial charge on any atom is -0.497 e. The second kappa shape index (κ2) is 8.93. The fraction of sp³-hybridized carbons (Fsp3) is 0.500. The summed E-state index contributed by atoms with van der Waals surface area (Å²) in [7, 11) is 3.24. The first kappa shape index (κ1) is 18.6. The van der Waals surface area contributed by atoms with Crippen molar-refractivity contribution in [1.82, 2.24) is 15.1 Å². The molecule has 0 radical (unpaired) electrons. The lowest BCUT2D eigenvalue weighted by atomic mass is 10.1. The average molecular weight is 377 g/mol. The maximum Gasteiger partial charge on any atom is 0.223 e. The Bertz CT molecular complexity index is 744. The van der Waals surface area contributed by atoms with E-state index < -0.39 is 0 Å². The molecule has 0 atom stereocenters. The van der Waals surface area contributed by atoms with Gasteiger partial charge in [0.15, 0.2) is 0 Å². The molecule has 0 N–H and O–H groups in total. The fourth-order valence-electron chi connectivity index (χ4n) is 2.83. The number of thioether (sulfide) groups is 1. The van der Waals surface area contributed by atoms with Gasteiger partial charge in [0, 0.05) is 43.0 Å². The first-order chi connectivity index (χ1) is 12.7. The van der Waals surface area contributed by atoms with Crippen molar-refractivity contribution in [3.63, 3.8) is 0 Å². The molecule has 2 heterocycles. The van der Waals surface area contributed by atoms with Crippen molar-refractivity contribution in [2.75, 3.05) is 38.8 Å². The van der Waals surface area contributed by atoms with Crippen molar-refractivity contribution in [3.8, 4) is 11.5 Å². The number of amides is 1. The van der Waals surface area contributed by atoms with E-state index in [9.17, 15) is 4.79 Å². The highest BCUT2D eigenvalue weighted by Crippen LogP contribution is 2.26. The van der Waals surface area contributed by atoms with Crippen LogP contribution >= 0.6 is 11.8 Å². The lowest BCUT2D eigenvalue weighted by Gasteiger charge is -2.26. The zero-order chi connectivity index (χ0) is 18.4. The van der Waals surface area contributed by atoms with Gasteiger partial charge in [-0.2, -0.15) is 11.8 Å². The Kier molecular flexibility index (Phi) is 6.38. The smallest absolute Gasteiger partial charge is 0.223 e. The average Bonchev–Trinajstić information content (AvgIpc) is 3.14. The molecule has 3 rings (SSSR count). The molecule has 0 saturated carbocycles. The van der Waals surface area contributed by atoms with Crippen LogP contribution in [0, 0.1) is 0 Å². The van der Waals surface area contributed by atoms with Crippen molar-refractivity contribution in [2.45, 2.75) is 19.3 Å². The topological polar surface area (TPSA) is 77.7 Å². The summed E-state index contributed by atoms with van der Waals surface area (Å²) in [6, 6.07) is 5.58. The van der Waals surface area contributed by atoms with E-state index >= 15 is 0 Å². The Morgan fingerprint density at radius 3 is 2.69 bits per heavy atom. The molecule has 0 unspecified atom stereocenters. The summed E-state index contributed by atoms with van der Waals surface area (Å²) in [5.41, 5.74) is 0.906. The Morgan fingerprint density at radius 2 is 1.96 bits per heavy atom. The molecule has 1 fully saturated rings. The molecule has 1 saturated heterocycles. The van der Waals surface area contributed by atoms with Crippen molar-refractivity contribution >= 4 is 17.7 Å². The SMILES string of the molecule is COc1ccc(OC)c(Cc2nnc(CCC(=O)N3CCSCC3)o2)c1. The van der Waals surface area contributed by atoms with E-state index in [-0.39, 0.29) is 5.91 Å². The van der Waals surface area contributed by atoms with E-state index in [1.165, 1.54) is 0 Å². The lowest BCUT2D eigenvalue weighted by molar-refractivity contribution is -0.130. The highest BCUT2D eigenvalue weighted by atomic mass is 32.2. The fourth-order valence-corrected chi connectivity index (χ4v) is 3.73. The van der Waals surface area contributed by atoms with Crippen LogP contribution in [0.3, 0.4) is 0 Å². The number of rotatable bonds is 7. The largest absolute Gasteiger partial charge is 0.497 e. The number of benzene rings is 1. The summed E-state index contributed by atoms with van der Waals surface area (Å²) in [6.45, 7) is 1.66. The normalized spacial score (nSPS) is 14.3. The predicted octanol–water partition coefficient (Wildman–Crippen LogP) is 2.19. The molecule has 0 spiro atoms. The molecule has 2 aromatic rings. The van der Waals surface area contributed by atoms with Gasteiger partial charge in [-0.25, -0.2) is 0 Å². The van der Waals surface area contributed by atoms with Gasteiger partial charge in [0.1, 0.15) is 11.5 Å². The molecule has 7 nitrogen and oxygen atoms in total. The third-order valence-corrected chi connectivity index (χ3v) is 5.20. The molecule has 0 bridgehead atoms. The molecule has 0 aliphatic carbocycles. The summed E-state index contributed by atoms with van der Waals surface area (Å²) in [5.74, 6) is 4.64. The van der Waals surface area contributed by atoms with Crippen molar-refractivity contribution in [1.29, 1.82) is 0 Å². The summed E-state index contributed by atoms with van der Waals surface area (Å²) >= 11 is 1.89. The van der Waals surface area contributed by atoms with Crippen molar-refractivity contribution < 1.29 is 18.7 Å². The molecule has 140 valence electrons. The maximum atomic E-state index is 12.2. The molecular weight excluding hydrogens is 354 g/mol. The van der Waals surface area contributed by atoms with Gasteiger partial charge in [-0.05, 0) is 18.2 Å². The first-order valence-electron chi connectivity index (χ1n) is 8.57. The number of hydrogen-bond donors (Lipinski definition) is 0. The number of aromatic nitrogens is 2. The molecule has 1 aromatic heterocycles. The summed E-state index contributed by atoms with van der Waals surface area (Å²) in [5, 5.41) is 8.16. The van der Waals surface area contributed by atoms with Gasteiger partial charge in [0.05, 0.1) is 20.6 Å². The van der Waals surface area contributed by atoms with Crippen LogP contribution in [0.5, 0.6) is 11.5 Å². The highest BCUT2D eigenvalue weighted by Gasteiger charge is 2.18. The van der Waals surface area contributed by atoms with E-state index in [2.05, 4.69) is 10.2 Å². The van der Waals surface area contributed by atoms with Crippen LogP contribution in [-0.4, -0.2) is 59.8 Å². The summed E-state index contributed by atoms with van der Waals surface area (Å²) in [4.78, 5) is 14.1. The van der Waals surface area contributed by atoms with Gasteiger partial charge in [0.2, 0.25) is 17.7 Å². The second-order valence-corrected chi connectivity index (χ2v) is 7.16. The van der Waals surface area contributed by atoms with Crippen LogP contribution in [0.1, 0.15) is 23.8 Å². The van der Waals surface area contributed by atoms with Crippen LogP contribution in [-0.2, 0) is 17.6 Å². The number of methoxy groups -OCH3 is 2. The minimum absolute atomic E-state index is 0.152. The Labute approximate surface area is 157 Å². The zero-order valence-electron chi connectivity index (χ0n) is 15.1. The standard InChI is InChI=1S/C18H23N3O4S/c1-23-14-3-4-15(24-2)13(11-14)12-17-20-19-16(25-17)5-6-18(22)21-7-9-26-10-8-21/h3-4,11H,5-10,12H2,1-2H3. The Morgan fingerprint density at radius 1 is 1.19 bits per heavy atom. The first-order valence-corrected chi connectivity index (χ1v) is 9.72. The van der Waals surface area contributed by atoms with Crippen LogP contribution in [0.4, 0.5) is 0 Å². The van der Waals surface area contributed by atoms with E-state index in [0.29, 0.717) is 31.0 Å². The molecule has 1 aromatic carbocycles. The predicted molar refractivity (Wildman–Crippen MR) is 98.9 cm³/mol. The monoisotopic (exact) mass is 377 g/mol. The number of hydrogen-bond acceptors (Lipinski definition) is 7. The van der Waals surface area contributed by atoms with Crippen LogP contribution in [0.15, 0.2) is 22.6 Å². The van der Waals surface area contributed by atoms with Crippen molar-refractivity contribution in [3.05, 3.63) is 35.5 Å². The third-order valence-electron chi connectivity index (χ3n) is 4.25. The van der Waals surface area contributed by atoms with E-state index in [4.69, 9.17) is 13.9 Å². The lowest BCUT2D eigenvalue weighted by Crippen LogP contribution is -2.37. The van der Waals surface area contributed by atoms with Gasteiger partial charge >= 0.3 is 0 Å². The molecule has 1 aliphatic rings. The summed E-state index contributed by atoms with van der Waals surface area (Å²) in [6.07, 6.45) is 1.31. The molecule has 26 heavy (non-hydrogen) atoms. The van der Waals surface area contributed by atoms with Gasteiger partial charge in [0.25, 0.3) is 0 Å². The maximum absolute atomic E-state index is 12.2. The zero-order valence-corrected chi connectivity index (χ0v) is 15.9. The number of carbonyl (C=O) groups excluding carboxylic acids is 1. The molecular formula is C18H23N3O4S. The van der Waals surface area contributed by atoms with Gasteiger partial charge in [-0.1, -0.05) is 0 Å². The Balaban J connectivity index is 1.58. The van der Waals surface area contributed by atoms with Gasteiger partial charge < -0.3 is 18.8 Å². The Hall–Kier alpha value is -2.22. The van der Waals surface area contributed by atoms with Crippen LogP contribution < -0.4 is 9.47 Å². The van der Waals surface area contributed by atoms with E-state index in [1.54, 1.807) is 14.2 Å². The van der Waals surface area contributed by atoms with Crippen LogP contribution in [0.25, 0.3) is 0 Å². The quantitative estimate of drug-likeness (QED) is 0.732. The van der Waals surface area contributed by atoms with Crippen LogP contribution in [0.2, 0.25) is 0 Å². The number of nitrogens with zero attached hydrogens (tertiary/aromatic N) is 3. The van der Waals surface area contributed by atoms with E-state index in [0.717, 1.165) is 41.7 Å².